The van der Waals surface area contributed by atoms with E-state index in [4.69, 9.17) is 16.9 Å². The fourth-order valence-electron chi connectivity index (χ4n) is 1.80. The zero-order chi connectivity index (χ0) is 13.9. The molecule has 0 aliphatic rings. The highest BCUT2D eigenvalue weighted by molar-refractivity contribution is 7.15. The smallest absolute Gasteiger partial charge is 0.161 e. The van der Waals surface area contributed by atoms with Crippen molar-refractivity contribution in [2.45, 2.75) is 0 Å². The largest absolute Gasteiger partial charge is 0.227 e. The van der Waals surface area contributed by atoms with Gasteiger partial charge in [-0.25, -0.2) is 9.97 Å². The number of nitrogens with zero attached hydrogens (tertiary/aromatic N) is 3. The molecule has 0 bridgehead atoms. The van der Waals surface area contributed by atoms with Crippen LogP contribution in [-0.2, 0) is 0 Å². The van der Waals surface area contributed by atoms with Crippen LogP contribution in [0.1, 0.15) is 4.88 Å². The molecule has 0 aliphatic heterocycles. The number of benzene rings is 1. The van der Waals surface area contributed by atoms with Crippen LogP contribution in [0.25, 0.3) is 22.0 Å². The maximum absolute atomic E-state index is 8.89. The first kappa shape index (κ1) is 12.8. The van der Waals surface area contributed by atoms with Crippen molar-refractivity contribution in [3.05, 3.63) is 58.6 Å². The zero-order valence-corrected chi connectivity index (χ0v) is 11.8. The average molecular weight is 298 g/mol. The first-order valence-electron chi connectivity index (χ1n) is 5.86. The van der Waals surface area contributed by atoms with Gasteiger partial charge in [-0.05, 0) is 12.1 Å². The molecule has 3 nitrogen and oxygen atoms in total. The summed E-state index contributed by atoms with van der Waals surface area (Å²) in [5.41, 5.74) is 1.64. The van der Waals surface area contributed by atoms with Crippen molar-refractivity contribution in [2.75, 3.05) is 0 Å². The summed E-state index contributed by atoms with van der Waals surface area (Å²) in [6.07, 6.45) is 0. The molecule has 2 aromatic heterocycles. The molecule has 0 amide bonds. The fourth-order valence-corrected chi connectivity index (χ4v) is 2.74. The lowest BCUT2D eigenvalue weighted by Gasteiger charge is -2.03. The van der Waals surface area contributed by atoms with Gasteiger partial charge >= 0.3 is 0 Å². The number of rotatable bonds is 2. The molecule has 96 valence electrons. The third-order valence-corrected chi connectivity index (χ3v) is 3.90. The minimum atomic E-state index is 0.390. The Morgan fingerprint density at radius 1 is 1.05 bits per heavy atom. The minimum absolute atomic E-state index is 0.390. The van der Waals surface area contributed by atoms with Gasteiger partial charge in [-0.15, -0.1) is 11.3 Å². The van der Waals surface area contributed by atoms with E-state index in [1.54, 1.807) is 12.1 Å². The van der Waals surface area contributed by atoms with E-state index < -0.39 is 0 Å². The molecule has 0 saturated heterocycles. The topological polar surface area (TPSA) is 49.6 Å². The molecule has 0 aliphatic carbocycles. The summed E-state index contributed by atoms with van der Waals surface area (Å²) in [5, 5.41) is 9.28. The van der Waals surface area contributed by atoms with E-state index >= 15 is 0 Å². The Morgan fingerprint density at radius 3 is 2.55 bits per heavy atom. The van der Waals surface area contributed by atoms with Crippen molar-refractivity contribution in [1.29, 1.82) is 5.26 Å². The highest BCUT2D eigenvalue weighted by Gasteiger charge is 2.09. The van der Waals surface area contributed by atoms with E-state index in [9.17, 15) is 0 Å². The van der Waals surface area contributed by atoms with Gasteiger partial charge in [0.05, 0.1) is 10.6 Å². The summed E-state index contributed by atoms with van der Waals surface area (Å²) in [7, 11) is 0. The number of nitriles is 1. The van der Waals surface area contributed by atoms with Gasteiger partial charge in [0.1, 0.15) is 16.1 Å². The first-order chi connectivity index (χ1) is 9.76. The van der Waals surface area contributed by atoms with Crippen molar-refractivity contribution in [3.8, 4) is 28.0 Å². The number of halogens is 1. The second-order valence-corrected chi connectivity index (χ2v) is 5.51. The Balaban J connectivity index is 2.10. The van der Waals surface area contributed by atoms with Crippen molar-refractivity contribution in [1.82, 2.24) is 9.97 Å². The molecule has 1 aromatic carbocycles. The predicted octanol–water partition coefficient (Wildman–Crippen LogP) is 4.40. The van der Waals surface area contributed by atoms with Crippen molar-refractivity contribution >= 4 is 22.9 Å². The molecule has 0 fully saturated rings. The van der Waals surface area contributed by atoms with E-state index in [-0.39, 0.29) is 0 Å². The Hall–Kier alpha value is -2.22. The molecule has 20 heavy (non-hydrogen) atoms. The lowest BCUT2D eigenvalue weighted by molar-refractivity contribution is 1.18. The minimum Gasteiger partial charge on any atom is -0.227 e. The molecule has 0 saturated carbocycles. The Morgan fingerprint density at radius 2 is 1.85 bits per heavy atom. The standard InChI is InChI=1S/C15H8ClN3S/c16-14-8-12(13-7-6-11(9-17)20-13)18-15(19-14)10-4-2-1-3-5-10/h1-8H. The zero-order valence-electron chi connectivity index (χ0n) is 10.2. The highest BCUT2D eigenvalue weighted by Crippen LogP contribution is 2.29. The summed E-state index contributed by atoms with van der Waals surface area (Å²) in [4.78, 5) is 10.3. The Kier molecular flexibility index (Phi) is 3.46. The van der Waals surface area contributed by atoms with E-state index in [2.05, 4.69) is 16.0 Å². The highest BCUT2D eigenvalue weighted by atomic mass is 35.5. The molecule has 2 heterocycles. The van der Waals surface area contributed by atoms with Crippen LogP contribution >= 0.6 is 22.9 Å². The van der Waals surface area contributed by atoms with Crippen LogP contribution in [0.2, 0.25) is 5.15 Å². The molecule has 3 aromatic rings. The van der Waals surface area contributed by atoms with Crippen molar-refractivity contribution in [2.24, 2.45) is 0 Å². The molecule has 0 atom stereocenters. The Bertz CT molecular complexity index is 790. The van der Waals surface area contributed by atoms with Gasteiger partial charge < -0.3 is 0 Å². The molecule has 0 unspecified atom stereocenters. The van der Waals surface area contributed by atoms with Crippen molar-refractivity contribution in [3.63, 3.8) is 0 Å². The van der Waals surface area contributed by atoms with Crippen LogP contribution in [0.3, 0.4) is 0 Å². The molecule has 0 radical (unpaired) electrons. The Labute approximate surface area is 125 Å². The normalized spacial score (nSPS) is 10.2. The summed E-state index contributed by atoms with van der Waals surface area (Å²) in [6.45, 7) is 0. The summed E-state index contributed by atoms with van der Waals surface area (Å²) in [5.74, 6) is 0.583. The summed E-state index contributed by atoms with van der Waals surface area (Å²) in [6, 6.07) is 17.1. The quantitative estimate of drug-likeness (QED) is 0.659. The van der Waals surface area contributed by atoms with Crippen LogP contribution in [0.15, 0.2) is 48.5 Å². The number of hydrogen-bond acceptors (Lipinski definition) is 4. The summed E-state index contributed by atoms with van der Waals surface area (Å²) < 4.78 is 0. The van der Waals surface area contributed by atoms with Crippen LogP contribution in [0.4, 0.5) is 0 Å². The molecule has 3 rings (SSSR count). The maximum atomic E-state index is 8.89. The van der Waals surface area contributed by atoms with E-state index in [1.165, 1.54) is 11.3 Å². The number of hydrogen-bond donors (Lipinski definition) is 0. The van der Waals surface area contributed by atoms with Crippen LogP contribution in [0.5, 0.6) is 0 Å². The second kappa shape index (κ2) is 5.41. The molecule has 0 spiro atoms. The summed E-state index contributed by atoms with van der Waals surface area (Å²) >= 11 is 7.47. The number of thiophene rings is 1. The van der Waals surface area contributed by atoms with E-state index in [0.717, 1.165) is 16.1 Å². The van der Waals surface area contributed by atoms with Crippen molar-refractivity contribution < 1.29 is 0 Å². The van der Waals surface area contributed by atoms with Crippen LogP contribution < -0.4 is 0 Å². The van der Waals surface area contributed by atoms with Crippen LogP contribution in [0, 0.1) is 11.3 Å². The SMILES string of the molecule is N#Cc1ccc(-c2cc(Cl)nc(-c3ccccc3)n2)s1. The molecule has 5 heteroatoms. The second-order valence-electron chi connectivity index (χ2n) is 4.04. The van der Waals surface area contributed by atoms with Gasteiger partial charge in [0.2, 0.25) is 0 Å². The van der Waals surface area contributed by atoms with Gasteiger partial charge in [0.25, 0.3) is 0 Å². The van der Waals surface area contributed by atoms with Crippen LogP contribution in [-0.4, -0.2) is 9.97 Å². The third-order valence-electron chi connectivity index (χ3n) is 2.70. The lowest BCUT2D eigenvalue weighted by atomic mass is 10.2. The van der Waals surface area contributed by atoms with E-state index in [1.807, 2.05) is 36.4 Å². The molecular weight excluding hydrogens is 290 g/mol. The van der Waals surface area contributed by atoms with E-state index in [0.29, 0.717) is 15.9 Å². The number of aromatic nitrogens is 2. The van der Waals surface area contributed by atoms with Gasteiger partial charge in [-0.2, -0.15) is 5.26 Å². The fraction of sp³-hybridized carbons (Fsp3) is 0. The molecule has 0 N–H and O–H groups in total. The first-order valence-corrected chi connectivity index (χ1v) is 7.06. The maximum Gasteiger partial charge on any atom is 0.161 e. The monoisotopic (exact) mass is 297 g/mol. The molecular formula is C15H8ClN3S. The predicted molar refractivity (Wildman–Crippen MR) is 80.5 cm³/mol. The van der Waals surface area contributed by atoms with Gasteiger partial charge in [0, 0.05) is 11.6 Å². The lowest BCUT2D eigenvalue weighted by Crippen LogP contribution is -1.91. The van der Waals surface area contributed by atoms with Gasteiger partial charge in [-0.1, -0.05) is 41.9 Å². The van der Waals surface area contributed by atoms with Gasteiger partial charge in [0.15, 0.2) is 5.82 Å². The third kappa shape index (κ3) is 2.55. The average Bonchev–Trinajstić information content (AvgIpc) is 2.96. The van der Waals surface area contributed by atoms with Gasteiger partial charge in [-0.3, -0.25) is 0 Å².